The molecule has 0 bridgehead atoms. The summed E-state index contributed by atoms with van der Waals surface area (Å²) >= 11 is 11.5. The van der Waals surface area contributed by atoms with Crippen LogP contribution in [0.1, 0.15) is 11.1 Å². The van der Waals surface area contributed by atoms with E-state index in [1.165, 1.54) is 11.1 Å². The first-order valence-corrected chi connectivity index (χ1v) is 9.70. The minimum Gasteiger partial charge on any atom is -0.358 e. The molecule has 1 fully saturated rings. The van der Waals surface area contributed by atoms with E-state index in [1.54, 1.807) is 0 Å². The highest BCUT2D eigenvalue weighted by Crippen LogP contribution is 2.10. The Bertz CT molecular complexity index is 723. The van der Waals surface area contributed by atoms with Crippen molar-refractivity contribution in [2.45, 2.75) is 6.54 Å². The molecule has 3 nitrogen and oxygen atoms in total. The van der Waals surface area contributed by atoms with Crippen LogP contribution in [-0.4, -0.2) is 47.6 Å². The average molecular weight is 386 g/mol. The highest BCUT2D eigenvalue weighted by atomic mass is 35.5. The van der Waals surface area contributed by atoms with Gasteiger partial charge >= 0.3 is 0 Å². The molecule has 0 radical (unpaired) electrons. The number of rotatable bonds is 5. The molecule has 0 saturated carbocycles. The minimum absolute atomic E-state index is 0.732. The molecular weight excluding hydrogens is 362 g/mol. The first kappa shape index (κ1) is 18.9. The average Bonchev–Trinajstić information content (AvgIpc) is 2.69. The Morgan fingerprint density at radius 3 is 2.38 bits per heavy atom. The summed E-state index contributed by atoms with van der Waals surface area (Å²) in [6, 6.07) is 18.3. The molecule has 136 valence electrons. The lowest BCUT2D eigenvalue weighted by molar-refractivity contribution is 0.197. The second-order valence-electron chi connectivity index (χ2n) is 6.39. The van der Waals surface area contributed by atoms with Crippen molar-refractivity contribution in [1.29, 1.82) is 0 Å². The molecule has 0 amide bonds. The van der Waals surface area contributed by atoms with Crippen LogP contribution in [0, 0.1) is 0 Å². The van der Waals surface area contributed by atoms with Crippen LogP contribution >= 0.6 is 23.8 Å². The molecule has 1 aliphatic heterocycles. The third-order valence-electron chi connectivity index (χ3n) is 4.49. The second-order valence-corrected chi connectivity index (χ2v) is 7.21. The van der Waals surface area contributed by atoms with E-state index in [0.717, 1.165) is 49.4 Å². The molecule has 2 aromatic rings. The molecular formula is C21H24ClN3S. The van der Waals surface area contributed by atoms with E-state index in [4.69, 9.17) is 23.8 Å². The van der Waals surface area contributed by atoms with E-state index in [0.29, 0.717) is 0 Å². The van der Waals surface area contributed by atoms with Crippen molar-refractivity contribution in [2.24, 2.45) is 0 Å². The number of halogens is 1. The second kappa shape index (κ2) is 9.72. The first-order chi connectivity index (χ1) is 12.7. The maximum absolute atomic E-state index is 5.92. The number of benzene rings is 2. The molecule has 2 aromatic carbocycles. The van der Waals surface area contributed by atoms with Gasteiger partial charge in [0.15, 0.2) is 5.11 Å². The van der Waals surface area contributed by atoms with Gasteiger partial charge in [0.25, 0.3) is 0 Å². The van der Waals surface area contributed by atoms with Gasteiger partial charge in [-0.25, -0.2) is 0 Å². The molecule has 0 atom stereocenters. The molecule has 0 aliphatic carbocycles. The number of thiocarbonyl (C=S) groups is 1. The van der Waals surface area contributed by atoms with Gasteiger partial charge in [0.1, 0.15) is 0 Å². The Hall–Kier alpha value is -1.88. The quantitative estimate of drug-likeness (QED) is 0.782. The lowest BCUT2D eigenvalue weighted by Crippen LogP contribution is -2.51. The lowest BCUT2D eigenvalue weighted by atomic mass is 10.2. The summed E-state index contributed by atoms with van der Waals surface area (Å²) in [7, 11) is 0. The topological polar surface area (TPSA) is 18.5 Å². The monoisotopic (exact) mass is 385 g/mol. The zero-order chi connectivity index (χ0) is 18.2. The number of nitrogens with zero attached hydrogens (tertiary/aromatic N) is 2. The normalized spacial score (nSPS) is 15.3. The van der Waals surface area contributed by atoms with Gasteiger partial charge in [-0.05, 0) is 35.5 Å². The number of piperazine rings is 1. The third kappa shape index (κ3) is 5.84. The molecule has 3 rings (SSSR count). The van der Waals surface area contributed by atoms with Crippen LogP contribution in [0.2, 0.25) is 5.02 Å². The fourth-order valence-electron chi connectivity index (χ4n) is 2.93. The van der Waals surface area contributed by atoms with E-state index in [-0.39, 0.29) is 0 Å². The maximum atomic E-state index is 5.92. The van der Waals surface area contributed by atoms with Crippen LogP contribution in [-0.2, 0) is 6.54 Å². The van der Waals surface area contributed by atoms with Crippen LogP contribution in [0.5, 0.6) is 0 Å². The smallest absolute Gasteiger partial charge is 0.169 e. The van der Waals surface area contributed by atoms with E-state index in [9.17, 15) is 0 Å². The SMILES string of the molecule is S=C(NCc1ccc(Cl)cc1)N1CCN(C/C=C/c2ccccc2)CC1. The van der Waals surface area contributed by atoms with Crippen molar-refractivity contribution in [3.05, 3.63) is 76.8 Å². The molecule has 0 aromatic heterocycles. The summed E-state index contributed by atoms with van der Waals surface area (Å²) in [5, 5.41) is 4.94. The predicted octanol–water partition coefficient (Wildman–Crippen LogP) is 4.05. The third-order valence-corrected chi connectivity index (χ3v) is 5.14. The van der Waals surface area contributed by atoms with E-state index < -0.39 is 0 Å². The number of hydrogen-bond acceptors (Lipinski definition) is 2. The van der Waals surface area contributed by atoms with Crippen LogP contribution < -0.4 is 5.32 Å². The van der Waals surface area contributed by atoms with Gasteiger partial charge in [-0.15, -0.1) is 0 Å². The zero-order valence-corrected chi connectivity index (χ0v) is 16.3. The Kier molecular flexibility index (Phi) is 7.06. The molecule has 1 N–H and O–H groups in total. The van der Waals surface area contributed by atoms with Crippen LogP contribution in [0.25, 0.3) is 6.08 Å². The highest BCUT2D eigenvalue weighted by molar-refractivity contribution is 7.80. The first-order valence-electron chi connectivity index (χ1n) is 8.92. The number of hydrogen-bond donors (Lipinski definition) is 1. The van der Waals surface area contributed by atoms with Crippen LogP contribution in [0.3, 0.4) is 0 Å². The standard InChI is InChI=1S/C21H24ClN3S/c22-20-10-8-19(9-11-20)17-23-21(26)25-15-13-24(14-16-25)12-4-7-18-5-2-1-3-6-18/h1-11H,12-17H2,(H,23,26)/b7-4+. The Morgan fingerprint density at radius 2 is 1.69 bits per heavy atom. The van der Waals surface area contributed by atoms with Crippen molar-refractivity contribution in [2.75, 3.05) is 32.7 Å². The van der Waals surface area contributed by atoms with Crippen molar-refractivity contribution >= 4 is 35.0 Å². The largest absolute Gasteiger partial charge is 0.358 e. The molecule has 1 saturated heterocycles. The van der Waals surface area contributed by atoms with Crippen LogP contribution in [0.4, 0.5) is 0 Å². The van der Waals surface area contributed by atoms with Gasteiger partial charge in [0, 0.05) is 44.3 Å². The molecule has 5 heteroatoms. The van der Waals surface area contributed by atoms with E-state index >= 15 is 0 Å². The van der Waals surface area contributed by atoms with Gasteiger partial charge in [-0.1, -0.05) is 66.2 Å². The summed E-state index contributed by atoms with van der Waals surface area (Å²) in [5.74, 6) is 0. The molecule has 0 spiro atoms. The fraction of sp³-hybridized carbons (Fsp3) is 0.286. The van der Waals surface area contributed by atoms with Crippen molar-refractivity contribution < 1.29 is 0 Å². The van der Waals surface area contributed by atoms with E-state index in [2.05, 4.69) is 51.5 Å². The molecule has 1 aliphatic rings. The van der Waals surface area contributed by atoms with Gasteiger partial charge in [-0.2, -0.15) is 0 Å². The summed E-state index contributed by atoms with van der Waals surface area (Å²) < 4.78 is 0. The summed E-state index contributed by atoms with van der Waals surface area (Å²) in [5.41, 5.74) is 2.43. The Morgan fingerprint density at radius 1 is 1.00 bits per heavy atom. The number of nitrogens with one attached hydrogen (secondary N) is 1. The van der Waals surface area contributed by atoms with Crippen molar-refractivity contribution in [1.82, 2.24) is 15.1 Å². The maximum Gasteiger partial charge on any atom is 0.169 e. The lowest BCUT2D eigenvalue weighted by Gasteiger charge is -2.35. The summed E-state index contributed by atoms with van der Waals surface area (Å²) in [4.78, 5) is 4.71. The van der Waals surface area contributed by atoms with Crippen molar-refractivity contribution in [3.8, 4) is 0 Å². The minimum atomic E-state index is 0.732. The Labute approximate surface area is 166 Å². The summed E-state index contributed by atoms with van der Waals surface area (Å²) in [6.07, 6.45) is 4.42. The van der Waals surface area contributed by atoms with Gasteiger partial charge in [0.05, 0.1) is 0 Å². The van der Waals surface area contributed by atoms with Gasteiger partial charge in [0.2, 0.25) is 0 Å². The molecule has 0 unspecified atom stereocenters. The highest BCUT2D eigenvalue weighted by Gasteiger charge is 2.17. The van der Waals surface area contributed by atoms with Gasteiger partial charge < -0.3 is 10.2 Å². The Balaban J connectivity index is 1.38. The molecule has 1 heterocycles. The zero-order valence-electron chi connectivity index (χ0n) is 14.8. The predicted molar refractivity (Wildman–Crippen MR) is 114 cm³/mol. The van der Waals surface area contributed by atoms with Crippen LogP contribution in [0.15, 0.2) is 60.7 Å². The molecule has 26 heavy (non-hydrogen) atoms. The van der Waals surface area contributed by atoms with Crippen molar-refractivity contribution in [3.63, 3.8) is 0 Å². The fourth-order valence-corrected chi connectivity index (χ4v) is 3.31. The summed E-state index contributed by atoms with van der Waals surface area (Å²) in [6.45, 7) is 5.70. The van der Waals surface area contributed by atoms with Gasteiger partial charge in [-0.3, -0.25) is 4.90 Å². The van der Waals surface area contributed by atoms with E-state index in [1.807, 2.05) is 30.3 Å².